The summed E-state index contributed by atoms with van der Waals surface area (Å²) in [7, 11) is 0. The number of aromatic nitrogens is 2. The molecule has 11 heteroatoms. The van der Waals surface area contributed by atoms with Crippen LogP contribution in [0.4, 0.5) is 11.6 Å². The Labute approximate surface area is 224 Å². The predicted molar refractivity (Wildman–Crippen MR) is 143 cm³/mol. The summed E-state index contributed by atoms with van der Waals surface area (Å²) in [6, 6.07) is 6.99. The van der Waals surface area contributed by atoms with Gasteiger partial charge in [-0.3, -0.25) is 4.79 Å². The second-order valence-corrected chi connectivity index (χ2v) is 9.10. The third kappa shape index (κ3) is 8.32. The lowest BCUT2D eigenvalue weighted by atomic mass is 10.2. The minimum absolute atomic E-state index is 0.0676. The first-order valence-corrected chi connectivity index (χ1v) is 13.2. The fourth-order valence-corrected chi connectivity index (χ4v) is 4.17. The molecule has 8 nitrogen and oxygen atoms in total. The Kier molecular flexibility index (Phi) is 11.1. The molecule has 0 atom stereocenters. The molecule has 4 rings (SSSR count). The quantitative estimate of drug-likeness (QED) is 0.261. The number of morpholine rings is 2. The fraction of sp³-hybridized carbons (Fsp3) is 0.458. The zero-order chi connectivity index (χ0) is 25.2. The molecule has 0 amide bonds. The van der Waals surface area contributed by atoms with Gasteiger partial charge in [0.1, 0.15) is 28.8 Å². The molecule has 2 aliphatic heterocycles. The van der Waals surface area contributed by atoms with Gasteiger partial charge in [-0.1, -0.05) is 45.7 Å². The highest BCUT2D eigenvalue weighted by Gasteiger charge is 2.16. The van der Waals surface area contributed by atoms with Crippen molar-refractivity contribution in [3.63, 3.8) is 0 Å². The van der Waals surface area contributed by atoms with E-state index in [1.165, 1.54) is 0 Å². The van der Waals surface area contributed by atoms with Crippen molar-refractivity contribution in [1.82, 2.24) is 9.97 Å². The maximum Gasteiger partial charge on any atom is 0.191 e. The molecule has 2 aromatic heterocycles. The van der Waals surface area contributed by atoms with E-state index in [9.17, 15) is 4.79 Å². The first-order chi connectivity index (χ1) is 16.9. The van der Waals surface area contributed by atoms with Crippen LogP contribution in [0.15, 0.2) is 30.8 Å². The molecule has 190 valence electrons. The Morgan fingerprint density at radius 1 is 0.943 bits per heavy atom. The Balaban J connectivity index is 0.000000196. The van der Waals surface area contributed by atoms with Crippen molar-refractivity contribution in [2.75, 3.05) is 74.3 Å². The number of halogens is 3. The minimum atomic E-state index is -0.0676. The van der Waals surface area contributed by atoms with Gasteiger partial charge in [0.2, 0.25) is 0 Å². The van der Waals surface area contributed by atoms with Crippen molar-refractivity contribution in [1.29, 1.82) is 0 Å². The van der Waals surface area contributed by atoms with Gasteiger partial charge < -0.3 is 24.0 Å². The summed E-state index contributed by atoms with van der Waals surface area (Å²) in [6.07, 6.45) is 0. The molecule has 0 aliphatic carbocycles. The van der Waals surface area contributed by atoms with Crippen LogP contribution in [0.5, 0.6) is 0 Å². The zero-order valence-electron chi connectivity index (χ0n) is 19.6. The molecule has 0 bridgehead atoms. The Hall–Kier alpha value is -1.91. The van der Waals surface area contributed by atoms with Crippen molar-refractivity contribution in [3.05, 3.63) is 52.3 Å². The summed E-state index contributed by atoms with van der Waals surface area (Å²) in [5.41, 5.74) is 1.08. The Morgan fingerprint density at radius 2 is 1.40 bits per heavy atom. The third-order valence-electron chi connectivity index (χ3n) is 5.23. The summed E-state index contributed by atoms with van der Waals surface area (Å²) in [4.78, 5) is 24.7. The highest BCUT2D eigenvalue weighted by atomic mass is 79.9. The fourth-order valence-electron chi connectivity index (χ4n) is 3.48. The molecular formula is C24H29BrCl2N4O4. The van der Waals surface area contributed by atoms with Crippen molar-refractivity contribution in [2.24, 2.45) is 0 Å². The number of hydrogen-bond acceptors (Lipinski definition) is 8. The lowest BCUT2D eigenvalue weighted by Gasteiger charge is -2.28. The number of Topliss-reactive ketones (excluding diaryl/α,β-unsaturated/α-hetero) is 1. The van der Waals surface area contributed by atoms with Gasteiger partial charge in [-0.25, -0.2) is 9.97 Å². The second kappa shape index (κ2) is 14.0. The lowest BCUT2D eigenvalue weighted by Crippen LogP contribution is -2.37. The summed E-state index contributed by atoms with van der Waals surface area (Å²) in [6.45, 7) is 12.3. The van der Waals surface area contributed by atoms with Crippen LogP contribution < -0.4 is 9.80 Å². The largest absolute Gasteiger partial charge is 0.492 e. The molecule has 2 aromatic rings. The smallest absolute Gasteiger partial charge is 0.191 e. The molecule has 2 saturated heterocycles. The van der Waals surface area contributed by atoms with Crippen molar-refractivity contribution >= 4 is 62.3 Å². The van der Waals surface area contributed by atoms with Crippen LogP contribution in [0, 0.1) is 0 Å². The maximum atomic E-state index is 11.6. The van der Waals surface area contributed by atoms with E-state index in [2.05, 4.69) is 42.3 Å². The number of ether oxygens (including phenoxy) is 3. The van der Waals surface area contributed by atoms with Gasteiger partial charge >= 0.3 is 0 Å². The normalized spacial score (nSPS) is 15.8. The molecule has 35 heavy (non-hydrogen) atoms. The van der Waals surface area contributed by atoms with E-state index in [0.29, 0.717) is 47.0 Å². The molecule has 0 saturated carbocycles. The zero-order valence-corrected chi connectivity index (χ0v) is 22.7. The van der Waals surface area contributed by atoms with Crippen LogP contribution in [0.25, 0.3) is 5.76 Å². The second-order valence-electron chi connectivity index (χ2n) is 7.67. The van der Waals surface area contributed by atoms with E-state index in [1.807, 2.05) is 13.0 Å². The molecule has 0 radical (unpaired) electrons. The van der Waals surface area contributed by atoms with E-state index < -0.39 is 0 Å². The lowest BCUT2D eigenvalue weighted by molar-refractivity contribution is 0.101. The topological polar surface area (TPSA) is 77.0 Å². The number of pyridine rings is 2. The first kappa shape index (κ1) is 27.7. The van der Waals surface area contributed by atoms with E-state index >= 15 is 0 Å². The van der Waals surface area contributed by atoms with Gasteiger partial charge in [0.25, 0.3) is 0 Å². The highest BCUT2D eigenvalue weighted by Crippen LogP contribution is 2.24. The van der Waals surface area contributed by atoms with Crippen molar-refractivity contribution in [2.45, 2.75) is 6.92 Å². The number of hydrogen-bond donors (Lipinski definition) is 0. The van der Waals surface area contributed by atoms with Crippen LogP contribution in [0.2, 0.25) is 10.0 Å². The number of ketones is 1. The standard InChI is InChI=1S/C13H17ClN2O2.C11H12BrClN2O2/c1-3-18-10(2)12-8-11(14)9-13(15-12)16-4-6-17-7-5-16;12-7-10(16)9-5-8(13)6-11(14-9)15-1-3-17-4-2-15/h8-9H,2-7H2,1H3;5-6H,1-4,7H2. The van der Waals surface area contributed by atoms with Crippen molar-refractivity contribution < 1.29 is 19.0 Å². The van der Waals surface area contributed by atoms with Crippen LogP contribution in [-0.2, 0) is 14.2 Å². The molecule has 0 unspecified atom stereocenters. The minimum Gasteiger partial charge on any atom is -0.492 e. The van der Waals surface area contributed by atoms with Gasteiger partial charge in [0.15, 0.2) is 5.78 Å². The van der Waals surface area contributed by atoms with Crippen LogP contribution in [-0.4, -0.2) is 80.3 Å². The van der Waals surface area contributed by atoms with Gasteiger partial charge in [-0.05, 0) is 31.2 Å². The number of carbonyl (C=O) groups excluding carboxylic acids is 1. The number of carbonyl (C=O) groups is 1. The SMILES string of the molecule is C=C(OCC)c1cc(Cl)cc(N2CCOCC2)n1.O=C(CBr)c1cc(Cl)cc(N2CCOCC2)n1. The maximum absolute atomic E-state index is 11.6. The molecule has 0 aromatic carbocycles. The first-order valence-electron chi connectivity index (χ1n) is 11.3. The number of rotatable bonds is 7. The highest BCUT2D eigenvalue weighted by molar-refractivity contribution is 9.09. The van der Waals surface area contributed by atoms with E-state index in [0.717, 1.165) is 51.0 Å². The Morgan fingerprint density at radius 3 is 1.86 bits per heavy atom. The molecule has 2 aliphatic rings. The summed E-state index contributed by atoms with van der Waals surface area (Å²) in [5.74, 6) is 2.07. The average molecular weight is 588 g/mol. The predicted octanol–water partition coefficient (Wildman–Crippen LogP) is 4.73. The van der Waals surface area contributed by atoms with Gasteiger partial charge in [0, 0.05) is 36.2 Å². The molecule has 4 heterocycles. The summed E-state index contributed by atoms with van der Waals surface area (Å²) >= 11 is 15.3. The van der Waals surface area contributed by atoms with Gasteiger partial charge in [-0.2, -0.15) is 0 Å². The summed E-state index contributed by atoms with van der Waals surface area (Å²) < 4.78 is 16.0. The number of anilines is 2. The Bertz CT molecular complexity index is 1020. The summed E-state index contributed by atoms with van der Waals surface area (Å²) in [5, 5.41) is 1.43. The van der Waals surface area contributed by atoms with Crippen LogP contribution >= 0.6 is 39.1 Å². The monoisotopic (exact) mass is 586 g/mol. The van der Waals surface area contributed by atoms with Crippen LogP contribution in [0.1, 0.15) is 23.1 Å². The number of alkyl halides is 1. The van der Waals surface area contributed by atoms with E-state index in [4.69, 9.17) is 37.4 Å². The van der Waals surface area contributed by atoms with E-state index in [1.54, 1.807) is 18.2 Å². The van der Waals surface area contributed by atoms with Crippen molar-refractivity contribution in [3.8, 4) is 0 Å². The molecule has 0 N–H and O–H groups in total. The molecule has 0 spiro atoms. The van der Waals surface area contributed by atoms with E-state index in [-0.39, 0.29) is 11.1 Å². The third-order valence-corrected chi connectivity index (χ3v) is 6.18. The van der Waals surface area contributed by atoms with Gasteiger partial charge in [0.05, 0.1) is 38.4 Å². The average Bonchev–Trinajstić information content (AvgIpc) is 2.89. The van der Waals surface area contributed by atoms with Crippen LogP contribution in [0.3, 0.4) is 0 Å². The molecule has 2 fully saturated rings. The molecular weight excluding hydrogens is 559 g/mol. The van der Waals surface area contributed by atoms with Gasteiger partial charge in [-0.15, -0.1) is 0 Å². The number of nitrogens with zero attached hydrogens (tertiary/aromatic N) is 4.